The molecule has 0 bridgehead atoms. The molecule has 0 amide bonds. The van der Waals surface area contributed by atoms with Gasteiger partial charge in [0, 0.05) is 57.2 Å². The van der Waals surface area contributed by atoms with E-state index in [2.05, 4.69) is 216 Å². The largest absolute Gasteiger partial charge is 0.309 e. The number of aromatic nitrogens is 1. The normalized spacial score (nSPS) is 12.7. The number of rotatable bonds is 4. The van der Waals surface area contributed by atoms with Gasteiger partial charge in [0.2, 0.25) is 0 Å². The third kappa shape index (κ3) is 4.93. The summed E-state index contributed by atoms with van der Waals surface area (Å²) in [7, 11) is 0. The zero-order valence-corrected chi connectivity index (χ0v) is 35.0. The molecule has 2 aromatic heterocycles. The number of hydrogen-bond donors (Lipinski definition) is 0. The van der Waals surface area contributed by atoms with Crippen LogP contribution in [0.3, 0.4) is 0 Å². The average molecular weight is 823 g/mol. The van der Waals surface area contributed by atoms with Crippen LogP contribution in [0.2, 0.25) is 0 Å². The van der Waals surface area contributed by atoms with Crippen molar-refractivity contribution in [3.8, 4) is 27.9 Å². The first-order valence-corrected chi connectivity index (χ1v) is 22.8. The van der Waals surface area contributed by atoms with E-state index >= 15 is 0 Å². The summed E-state index contributed by atoms with van der Waals surface area (Å²) in [5.41, 5.74) is 12.1. The standard InChI is InChI=1S/C58H34N2S2/c1-2-12-35(13-3-1)37-15-11-17-42(30-37)59-49-21-7-9-23-53(49)61-54-34-39(27-29-50(54)59)38-26-28-48-45(31-38)43-18-4-6-20-47(43)60(48)51-33-40-16-10-14-36-24-25-41-32-46-44-19-5-8-22-52(44)62-58(46)57(51)56(41)55(36)40/h1-34H. The molecule has 2 nitrogen and oxygen atoms in total. The monoisotopic (exact) mass is 822 g/mol. The molecule has 0 radical (unpaired) electrons. The molecule has 11 aromatic carbocycles. The molecular weight excluding hydrogens is 789 g/mol. The summed E-state index contributed by atoms with van der Waals surface area (Å²) in [5.74, 6) is 0. The van der Waals surface area contributed by atoms with Gasteiger partial charge >= 0.3 is 0 Å². The Morgan fingerprint density at radius 3 is 1.98 bits per heavy atom. The Labute approximate surface area is 365 Å². The first-order chi connectivity index (χ1) is 30.7. The maximum Gasteiger partial charge on any atom is 0.0602 e. The zero-order valence-electron chi connectivity index (χ0n) is 33.3. The Hall–Kier alpha value is -7.37. The number of para-hydroxylation sites is 2. The van der Waals surface area contributed by atoms with Crippen molar-refractivity contribution in [3.63, 3.8) is 0 Å². The van der Waals surface area contributed by atoms with Gasteiger partial charge in [0.05, 0.1) is 28.1 Å². The fourth-order valence-corrected chi connectivity index (χ4v) is 12.7. The lowest BCUT2D eigenvalue weighted by Crippen LogP contribution is -2.14. The second-order valence-corrected chi connectivity index (χ2v) is 18.6. The molecule has 14 rings (SSSR count). The molecule has 0 saturated heterocycles. The van der Waals surface area contributed by atoms with Crippen LogP contribution in [0, 0.1) is 0 Å². The molecular formula is C58H34N2S2. The summed E-state index contributed by atoms with van der Waals surface area (Å²) in [6.45, 7) is 0. The van der Waals surface area contributed by atoms with E-state index in [1.54, 1.807) is 0 Å². The highest BCUT2D eigenvalue weighted by Crippen LogP contribution is 2.53. The second kappa shape index (κ2) is 13.1. The van der Waals surface area contributed by atoms with Crippen LogP contribution in [-0.4, -0.2) is 4.57 Å². The smallest absolute Gasteiger partial charge is 0.0602 e. The highest BCUT2D eigenvalue weighted by Gasteiger charge is 2.26. The molecule has 62 heavy (non-hydrogen) atoms. The Bertz CT molecular complexity index is 3970. The van der Waals surface area contributed by atoms with Crippen LogP contribution in [0.4, 0.5) is 17.1 Å². The van der Waals surface area contributed by atoms with Crippen LogP contribution in [0.5, 0.6) is 0 Å². The van der Waals surface area contributed by atoms with Crippen LogP contribution in [0.25, 0.3) is 102 Å². The topological polar surface area (TPSA) is 8.17 Å². The van der Waals surface area contributed by atoms with E-state index in [0.29, 0.717) is 0 Å². The molecule has 3 heterocycles. The minimum atomic E-state index is 1.15. The third-order valence-electron chi connectivity index (χ3n) is 13.1. The van der Waals surface area contributed by atoms with Crippen molar-refractivity contribution in [3.05, 3.63) is 206 Å². The van der Waals surface area contributed by atoms with E-state index in [4.69, 9.17) is 0 Å². The van der Waals surface area contributed by atoms with E-state index in [0.717, 1.165) is 5.69 Å². The van der Waals surface area contributed by atoms with Crippen molar-refractivity contribution >= 4 is 114 Å². The highest BCUT2D eigenvalue weighted by atomic mass is 32.2. The summed E-state index contributed by atoms with van der Waals surface area (Å²) in [4.78, 5) is 4.93. The van der Waals surface area contributed by atoms with Crippen molar-refractivity contribution < 1.29 is 0 Å². The molecule has 288 valence electrons. The molecule has 13 aromatic rings. The lowest BCUT2D eigenvalue weighted by atomic mass is 9.91. The van der Waals surface area contributed by atoms with Crippen molar-refractivity contribution in [1.29, 1.82) is 0 Å². The molecule has 0 saturated carbocycles. The predicted molar refractivity (Wildman–Crippen MR) is 267 cm³/mol. The number of fused-ring (bicyclic) bond motifs is 9. The number of hydrogen-bond acceptors (Lipinski definition) is 3. The van der Waals surface area contributed by atoms with Crippen LogP contribution in [0.15, 0.2) is 216 Å². The molecule has 0 unspecified atom stereocenters. The fraction of sp³-hybridized carbons (Fsp3) is 0. The molecule has 0 fully saturated rings. The summed E-state index contributed by atoms with van der Waals surface area (Å²) in [6, 6.07) is 76.6. The van der Waals surface area contributed by atoms with Crippen LogP contribution < -0.4 is 4.90 Å². The molecule has 0 atom stereocenters. The van der Waals surface area contributed by atoms with E-state index in [1.165, 1.54) is 123 Å². The van der Waals surface area contributed by atoms with Crippen molar-refractivity contribution in [2.75, 3.05) is 4.90 Å². The zero-order chi connectivity index (χ0) is 40.5. The summed E-state index contributed by atoms with van der Waals surface area (Å²) in [5, 5.41) is 13.1. The van der Waals surface area contributed by atoms with Crippen molar-refractivity contribution in [1.82, 2.24) is 4.57 Å². The molecule has 0 aliphatic carbocycles. The lowest BCUT2D eigenvalue weighted by molar-refractivity contribution is 1.17. The Balaban J connectivity index is 0.966. The van der Waals surface area contributed by atoms with Gasteiger partial charge in [-0.2, -0.15) is 0 Å². The Morgan fingerprint density at radius 2 is 1.03 bits per heavy atom. The Kier molecular flexibility index (Phi) is 7.24. The first kappa shape index (κ1) is 34.4. The second-order valence-electron chi connectivity index (χ2n) is 16.5. The molecule has 1 aliphatic rings. The van der Waals surface area contributed by atoms with Gasteiger partial charge in [-0.3, -0.25) is 0 Å². The Morgan fingerprint density at radius 1 is 0.339 bits per heavy atom. The summed E-state index contributed by atoms with van der Waals surface area (Å²) < 4.78 is 5.22. The minimum Gasteiger partial charge on any atom is -0.309 e. The third-order valence-corrected chi connectivity index (χ3v) is 15.4. The maximum atomic E-state index is 2.54. The van der Waals surface area contributed by atoms with E-state index < -0.39 is 0 Å². The summed E-state index contributed by atoms with van der Waals surface area (Å²) in [6.07, 6.45) is 0. The molecule has 0 N–H and O–H groups in total. The van der Waals surface area contributed by atoms with Crippen molar-refractivity contribution in [2.24, 2.45) is 0 Å². The predicted octanol–water partition coefficient (Wildman–Crippen LogP) is 17.3. The van der Waals surface area contributed by atoms with Crippen LogP contribution in [-0.2, 0) is 0 Å². The quantitative estimate of drug-likeness (QED) is 0.163. The lowest BCUT2D eigenvalue weighted by Gasteiger charge is -2.33. The van der Waals surface area contributed by atoms with Gasteiger partial charge < -0.3 is 9.47 Å². The fourth-order valence-electron chi connectivity index (χ4n) is 10.3. The number of nitrogens with zero attached hydrogens (tertiary/aromatic N) is 2. The first-order valence-electron chi connectivity index (χ1n) is 21.2. The number of benzene rings is 11. The van der Waals surface area contributed by atoms with Gasteiger partial charge in [-0.15, -0.1) is 11.3 Å². The SMILES string of the molecule is c1ccc(-c2cccc(N3c4ccccc4Sc4cc(-c5ccc6c(c5)c5ccccc5n6-c5cc6cccc7ccc8cc9c%10ccccc%10sc9c5c8c76)ccc43)c2)cc1. The van der Waals surface area contributed by atoms with Gasteiger partial charge in [0.15, 0.2) is 0 Å². The number of anilines is 3. The van der Waals surface area contributed by atoms with Gasteiger partial charge in [-0.25, -0.2) is 0 Å². The minimum absolute atomic E-state index is 1.15. The van der Waals surface area contributed by atoms with Crippen LogP contribution in [0.1, 0.15) is 0 Å². The van der Waals surface area contributed by atoms with Gasteiger partial charge in [-0.1, -0.05) is 145 Å². The molecule has 1 aliphatic heterocycles. The molecule has 4 heteroatoms. The number of thiophene rings is 1. The average Bonchev–Trinajstić information content (AvgIpc) is 3.87. The van der Waals surface area contributed by atoms with Crippen LogP contribution >= 0.6 is 23.1 Å². The van der Waals surface area contributed by atoms with Gasteiger partial charge in [0.1, 0.15) is 0 Å². The summed E-state index contributed by atoms with van der Waals surface area (Å²) >= 11 is 3.78. The highest BCUT2D eigenvalue weighted by molar-refractivity contribution is 7.99. The van der Waals surface area contributed by atoms with E-state index in [1.807, 2.05) is 23.1 Å². The molecule has 0 spiro atoms. The van der Waals surface area contributed by atoms with Crippen molar-refractivity contribution in [2.45, 2.75) is 9.79 Å². The van der Waals surface area contributed by atoms with Gasteiger partial charge in [-0.05, 0) is 117 Å². The van der Waals surface area contributed by atoms with E-state index in [-0.39, 0.29) is 0 Å². The van der Waals surface area contributed by atoms with E-state index in [9.17, 15) is 0 Å². The van der Waals surface area contributed by atoms with Gasteiger partial charge in [0.25, 0.3) is 0 Å². The maximum absolute atomic E-state index is 2.54.